The first-order valence-electron chi connectivity index (χ1n) is 6.08. The summed E-state index contributed by atoms with van der Waals surface area (Å²) in [6.45, 7) is 5.23. The maximum atomic E-state index is 11.2. The molecule has 0 aliphatic carbocycles. The normalized spacial score (nSPS) is 19.5. The summed E-state index contributed by atoms with van der Waals surface area (Å²) in [4.78, 5) is 20.4. The highest BCUT2D eigenvalue weighted by atomic mass is 35.5. The fraction of sp³-hybridized carbons (Fsp3) is 0.636. The van der Waals surface area contributed by atoms with Crippen LogP contribution in [0.25, 0.3) is 0 Å². The van der Waals surface area contributed by atoms with Crippen LogP contribution in [0.2, 0.25) is 5.28 Å². The van der Waals surface area contributed by atoms with E-state index in [1.807, 2.05) is 11.8 Å². The molecule has 1 aromatic heterocycles. The Morgan fingerprint density at radius 3 is 2.95 bits per heavy atom. The molecule has 0 amide bonds. The Hall–Kier alpha value is -1.47. The number of anilines is 1. The summed E-state index contributed by atoms with van der Waals surface area (Å²) >= 11 is 5.81. The largest absolute Gasteiger partial charge is 0.375 e. The summed E-state index contributed by atoms with van der Waals surface area (Å²) in [6, 6.07) is 0. The Balaban J connectivity index is 2.40. The maximum absolute atomic E-state index is 11.2. The second-order valence-electron chi connectivity index (χ2n) is 4.35. The summed E-state index contributed by atoms with van der Waals surface area (Å²) in [5, 5.41) is 11.2. The number of morpholine rings is 1. The van der Waals surface area contributed by atoms with Crippen LogP contribution in [0, 0.1) is 17.0 Å². The fourth-order valence-corrected chi connectivity index (χ4v) is 2.32. The summed E-state index contributed by atoms with van der Waals surface area (Å²) in [5.74, 6) is 0.282. The van der Waals surface area contributed by atoms with E-state index in [0.717, 1.165) is 6.42 Å². The molecule has 8 heteroatoms. The number of aryl methyl sites for hydroxylation is 1. The lowest BCUT2D eigenvalue weighted by molar-refractivity contribution is -0.385. The Kier molecular flexibility index (Phi) is 4.16. The van der Waals surface area contributed by atoms with Crippen LogP contribution in [-0.4, -0.2) is 40.7 Å². The number of hydrogen-bond acceptors (Lipinski definition) is 6. The predicted octanol–water partition coefficient (Wildman–Crippen LogP) is 1.96. The molecule has 1 aromatic rings. The van der Waals surface area contributed by atoms with Crippen LogP contribution in [0.5, 0.6) is 0 Å². The lowest BCUT2D eigenvalue weighted by Crippen LogP contribution is -2.43. The van der Waals surface area contributed by atoms with E-state index in [4.69, 9.17) is 16.3 Å². The van der Waals surface area contributed by atoms with Crippen molar-refractivity contribution in [1.29, 1.82) is 0 Å². The van der Waals surface area contributed by atoms with Crippen molar-refractivity contribution < 1.29 is 9.66 Å². The zero-order valence-electron chi connectivity index (χ0n) is 10.8. The molecule has 0 saturated carbocycles. The highest BCUT2D eigenvalue weighted by Crippen LogP contribution is 2.31. The number of hydrogen-bond donors (Lipinski definition) is 0. The SMILES string of the molecule is CCC1CN(c2nc(Cl)nc(C)c2[N+](=O)[O-])CCO1. The minimum Gasteiger partial charge on any atom is -0.375 e. The van der Waals surface area contributed by atoms with Gasteiger partial charge in [0.25, 0.3) is 0 Å². The van der Waals surface area contributed by atoms with Gasteiger partial charge in [0.1, 0.15) is 5.69 Å². The molecular weight excluding hydrogens is 272 g/mol. The van der Waals surface area contributed by atoms with Crippen molar-refractivity contribution in [2.45, 2.75) is 26.4 Å². The molecule has 7 nitrogen and oxygen atoms in total. The van der Waals surface area contributed by atoms with Crippen molar-refractivity contribution >= 4 is 23.1 Å². The van der Waals surface area contributed by atoms with E-state index in [0.29, 0.717) is 19.7 Å². The van der Waals surface area contributed by atoms with Gasteiger partial charge in [0.2, 0.25) is 11.1 Å². The molecule has 0 aromatic carbocycles. The molecule has 19 heavy (non-hydrogen) atoms. The summed E-state index contributed by atoms with van der Waals surface area (Å²) in [7, 11) is 0. The van der Waals surface area contributed by atoms with E-state index in [1.54, 1.807) is 6.92 Å². The number of nitro groups is 1. The molecule has 1 fully saturated rings. The van der Waals surface area contributed by atoms with E-state index in [2.05, 4.69) is 9.97 Å². The molecule has 2 heterocycles. The molecule has 104 valence electrons. The third kappa shape index (κ3) is 2.93. The zero-order chi connectivity index (χ0) is 14.0. The van der Waals surface area contributed by atoms with Gasteiger partial charge in [0.05, 0.1) is 17.6 Å². The van der Waals surface area contributed by atoms with Crippen molar-refractivity contribution in [3.63, 3.8) is 0 Å². The number of nitrogens with zero attached hydrogens (tertiary/aromatic N) is 4. The molecule has 0 bridgehead atoms. The first kappa shape index (κ1) is 14.0. The molecule has 2 rings (SSSR count). The van der Waals surface area contributed by atoms with Crippen molar-refractivity contribution in [1.82, 2.24) is 9.97 Å². The molecule has 1 aliphatic heterocycles. The minimum absolute atomic E-state index is 0.0256. The number of halogens is 1. The lowest BCUT2D eigenvalue weighted by atomic mass is 10.2. The van der Waals surface area contributed by atoms with E-state index in [1.165, 1.54) is 0 Å². The van der Waals surface area contributed by atoms with Crippen molar-refractivity contribution in [2.75, 3.05) is 24.6 Å². The zero-order valence-corrected chi connectivity index (χ0v) is 11.6. The Bertz CT molecular complexity index is 497. The van der Waals surface area contributed by atoms with Gasteiger partial charge >= 0.3 is 5.69 Å². The van der Waals surface area contributed by atoms with Crippen LogP contribution in [-0.2, 0) is 4.74 Å². The van der Waals surface area contributed by atoms with Gasteiger partial charge in [0.15, 0.2) is 0 Å². The highest BCUT2D eigenvalue weighted by molar-refractivity contribution is 6.28. The van der Waals surface area contributed by atoms with Crippen LogP contribution in [0.3, 0.4) is 0 Å². The first-order chi connectivity index (χ1) is 9.02. The van der Waals surface area contributed by atoms with Gasteiger partial charge in [-0.2, -0.15) is 4.98 Å². The summed E-state index contributed by atoms with van der Waals surface area (Å²) in [6.07, 6.45) is 0.907. The molecule has 1 aliphatic rings. The molecule has 1 atom stereocenters. The van der Waals surface area contributed by atoms with E-state index in [-0.39, 0.29) is 28.6 Å². The quantitative estimate of drug-likeness (QED) is 0.480. The van der Waals surface area contributed by atoms with Crippen molar-refractivity contribution in [3.8, 4) is 0 Å². The third-order valence-corrected chi connectivity index (χ3v) is 3.26. The van der Waals surface area contributed by atoms with E-state index >= 15 is 0 Å². The van der Waals surface area contributed by atoms with Gasteiger partial charge in [-0.1, -0.05) is 6.92 Å². The number of ether oxygens (including phenoxy) is 1. The number of aromatic nitrogens is 2. The van der Waals surface area contributed by atoms with E-state index < -0.39 is 4.92 Å². The average molecular weight is 287 g/mol. The Morgan fingerprint density at radius 1 is 1.58 bits per heavy atom. The van der Waals surface area contributed by atoms with Crippen molar-refractivity contribution in [2.24, 2.45) is 0 Å². The van der Waals surface area contributed by atoms with Gasteiger partial charge in [-0.3, -0.25) is 10.1 Å². The van der Waals surface area contributed by atoms with Gasteiger partial charge < -0.3 is 9.64 Å². The molecule has 0 spiro atoms. The Labute approximate surface area is 115 Å². The molecular formula is C11H15ClN4O3. The maximum Gasteiger partial charge on any atom is 0.332 e. The van der Waals surface area contributed by atoms with Gasteiger partial charge in [-0.25, -0.2) is 4.98 Å². The lowest BCUT2D eigenvalue weighted by Gasteiger charge is -2.33. The average Bonchev–Trinajstić information content (AvgIpc) is 2.37. The molecule has 1 unspecified atom stereocenters. The van der Waals surface area contributed by atoms with Crippen LogP contribution >= 0.6 is 11.6 Å². The van der Waals surface area contributed by atoms with Crippen LogP contribution in [0.4, 0.5) is 11.5 Å². The van der Waals surface area contributed by atoms with Crippen LogP contribution in [0.1, 0.15) is 19.0 Å². The van der Waals surface area contributed by atoms with Crippen LogP contribution < -0.4 is 4.90 Å². The van der Waals surface area contributed by atoms with Gasteiger partial charge in [0, 0.05) is 13.1 Å². The summed E-state index contributed by atoms with van der Waals surface area (Å²) in [5.41, 5.74) is 0.195. The Morgan fingerprint density at radius 2 is 2.32 bits per heavy atom. The monoisotopic (exact) mass is 286 g/mol. The molecule has 1 saturated heterocycles. The smallest absolute Gasteiger partial charge is 0.332 e. The first-order valence-corrected chi connectivity index (χ1v) is 6.45. The molecule has 0 N–H and O–H groups in total. The van der Waals surface area contributed by atoms with E-state index in [9.17, 15) is 10.1 Å². The standard InChI is InChI=1S/C11H15ClN4O3/c1-3-8-6-15(4-5-19-8)10-9(16(17)18)7(2)13-11(12)14-10/h8H,3-6H2,1-2H3. The topological polar surface area (TPSA) is 81.4 Å². The number of rotatable bonds is 3. The molecule has 0 radical (unpaired) electrons. The predicted molar refractivity (Wildman–Crippen MR) is 70.7 cm³/mol. The third-order valence-electron chi connectivity index (χ3n) is 3.09. The van der Waals surface area contributed by atoms with Crippen molar-refractivity contribution in [3.05, 3.63) is 21.1 Å². The second-order valence-corrected chi connectivity index (χ2v) is 4.69. The minimum atomic E-state index is -0.461. The van der Waals surface area contributed by atoms with Gasteiger partial charge in [-0.15, -0.1) is 0 Å². The fourth-order valence-electron chi connectivity index (χ4n) is 2.11. The second kappa shape index (κ2) is 5.66. The van der Waals surface area contributed by atoms with Gasteiger partial charge in [-0.05, 0) is 24.9 Å². The van der Waals surface area contributed by atoms with Crippen LogP contribution in [0.15, 0.2) is 0 Å². The summed E-state index contributed by atoms with van der Waals surface area (Å²) < 4.78 is 5.55. The highest BCUT2D eigenvalue weighted by Gasteiger charge is 2.29.